The third kappa shape index (κ3) is 2.05. The molecule has 3 aromatic rings. The topological polar surface area (TPSA) is 55.7 Å². The molecule has 0 atom stereocenters. The minimum absolute atomic E-state index is 0.0303. The Morgan fingerprint density at radius 2 is 1.90 bits per heavy atom. The number of hydrogen-bond donors (Lipinski definition) is 0. The van der Waals surface area contributed by atoms with Crippen LogP contribution in [-0.4, -0.2) is 21.0 Å². The fourth-order valence-electron chi connectivity index (χ4n) is 2.25. The number of benzene rings is 1. The van der Waals surface area contributed by atoms with Crippen molar-refractivity contribution in [1.82, 2.24) is 15.2 Å². The highest BCUT2D eigenvalue weighted by molar-refractivity contribution is 6.16. The van der Waals surface area contributed by atoms with Gasteiger partial charge in [0.05, 0.1) is 11.4 Å². The zero-order valence-corrected chi connectivity index (χ0v) is 11.3. The fourth-order valence-corrected chi connectivity index (χ4v) is 2.25. The Balaban J connectivity index is 2.20. The predicted molar refractivity (Wildman–Crippen MR) is 76.7 cm³/mol. The van der Waals surface area contributed by atoms with Crippen molar-refractivity contribution >= 4 is 16.6 Å². The lowest BCUT2D eigenvalue weighted by atomic mass is 9.97. The lowest BCUT2D eigenvalue weighted by Gasteiger charge is -2.07. The van der Waals surface area contributed by atoms with Gasteiger partial charge in [0.1, 0.15) is 0 Å². The highest BCUT2D eigenvalue weighted by Crippen LogP contribution is 2.21. The number of rotatable bonds is 2. The van der Waals surface area contributed by atoms with Crippen LogP contribution in [0.4, 0.5) is 0 Å². The van der Waals surface area contributed by atoms with Crippen molar-refractivity contribution in [3.8, 4) is 0 Å². The Morgan fingerprint density at radius 3 is 2.75 bits per heavy atom. The van der Waals surface area contributed by atoms with Gasteiger partial charge in [-0.25, -0.2) is 0 Å². The number of fused-ring (bicyclic) bond motifs is 1. The van der Waals surface area contributed by atoms with Gasteiger partial charge in [-0.1, -0.05) is 18.2 Å². The Kier molecular flexibility index (Phi) is 2.99. The number of carbonyl (C=O) groups excluding carboxylic acids is 1. The highest BCUT2D eigenvalue weighted by atomic mass is 16.1. The van der Waals surface area contributed by atoms with Crippen LogP contribution in [0.5, 0.6) is 0 Å². The second-order valence-corrected chi connectivity index (χ2v) is 4.72. The molecule has 0 saturated carbocycles. The Labute approximate surface area is 116 Å². The monoisotopic (exact) mass is 263 g/mol. The molecule has 4 heteroatoms. The van der Waals surface area contributed by atoms with Gasteiger partial charge >= 0.3 is 0 Å². The van der Waals surface area contributed by atoms with Crippen LogP contribution in [0.25, 0.3) is 10.8 Å². The average molecular weight is 263 g/mol. The van der Waals surface area contributed by atoms with Crippen molar-refractivity contribution in [3.63, 3.8) is 0 Å². The summed E-state index contributed by atoms with van der Waals surface area (Å²) in [6, 6.07) is 9.29. The van der Waals surface area contributed by atoms with Gasteiger partial charge < -0.3 is 0 Å². The molecule has 0 aliphatic heterocycles. The molecule has 2 heterocycles. The molecule has 0 N–H and O–H groups in total. The van der Waals surface area contributed by atoms with E-state index < -0.39 is 0 Å². The summed E-state index contributed by atoms with van der Waals surface area (Å²) in [7, 11) is 0. The Morgan fingerprint density at radius 1 is 1.05 bits per heavy atom. The smallest absolute Gasteiger partial charge is 0.195 e. The zero-order chi connectivity index (χ0) is 14.1. The second kappa shape index (κ2) is 4.81. The van der Waals surface area contributed by atoms with Gasteiger partial charge in [0.25, 0.3) is 0 Å². The predicted octanol–water partition coefficient (Wildman–Crippen LogP) is 2.87. The van der Waals surface area contributed by atoms with Crippen LogP contribution in [0, 0.1) is 13.8 Å². The van der Waals surface area contributed by atoms with Crippen LogP contribution in [0.2, 0.25) is 0 Å². The van der Waals surface area contributed by atoms with E-state index in [4.69, 9.17) is 0 Å². The number of ketones is 1. The van der Waals surface area contributed by atoms with E-state index in [9.17, 15) is 4.79 Å². The van der Waals surface area contributed by atoms with Crippen molar-refractivity contribution in [2.75, 3.05) is 0 Å². The van der Waals surface area contributed by atoms with E-state index in [1.807, 2.05) is 31.2 Å². The molecule has 2 aromatic heterocycles. The van der Waals surface area contributed by atoms with E-state index in [0.717, 1.165) is 16.5 Å². The van der Waals surface area contributed by atoms with Crippen LogP contribution in [0.1, 0.15) is 27.3 Å². The summed E-state index contributed by atoms with van der Waals surface area (Å²) in [5, 5.41) is 9.85. The van der Waals surface area contributed by atoms with Crippen LogP contribution in [0.3, 0.4) is 0 Å². The molecule has 0 saturated heterocycles. The third-order valence-corrected chi connectivity index (χ3v) is 3.27. The molecule has 1 aromatic carbocycles. The van der Waals surface area contributed by atoms with Crippen molar-refractivity contribution in [2.45, 2.75) is 13.8 Å². The molecular weight excluding hydrogens is 250 g/mol. The van der Waals surface area contributed by atoms with E-state index in [1.54, 1.807) is 25.4 Å². The first-order valence-corrected chi connectivity index (χ1v) is 6.35. The van der Waals surface area contributed by atoms with Crippen LogP contribution >= 0.6 is 0 Å². The van der Waals surface area contributed by atoms with Gasteiger partial charge in [0.2, 0.25) is 0 Å². The number of nitrogens with zero attached hydrogens (tertiary/aromatic N) is 3. The fraction of sp³-hybridized carbons (Fsp3) is 0.125. The Hall–Kier alpha value is -2.62. The molecule has 4 nitrogen and oxygen atoms in total. The largest absolute Gasteiger partial charge is 0.289 e. The zero-order valence-electron chi connectivity index (χ0n) is 11.3. The van der Waals surface area contributed by atoms with Crippen molar-refractivity contribution in [2.24, 2.45) is 0 Å². The van der Waals surface area contributed by atoms with Crippen LogP contribution < -0.4 is 0 Å². The normalized spacial score (nSPS) is 10.7. The quantitative estimate of drug-likeness (QED) is 0.667. The van der Waals surface area contributed by atoms with E-state index in [2.05, 4.69) is 15.2 Å². The Bertz CT molecular complexity index is 806. The molecule has 0 aliphatic carbocycles. The molecule has 0 radical (unpaired) electrons. The SMILES string of the molecule is Cc1cc(C(=O)c2cccc3cnccc23)c(C)nn1. The van der Waals surface area contributed by atoms with E-state index >= 15 is 0 Å². The maximum absolute atomic E-state index is 12.7. The van der Waals surface area contributed by atoms with Crippen molar-refractivity contribution in [3.05, 3.63) is 65.2 Å². The molecule has 0 spiro atoms. The van der Waals surface area contributed by atoms with Crippen molar-refractivity contribution < 1.29 is 4.79 Å². The third-order valence-electron chi connectivity index (χ3n) is 3.27. The van der Waals surface area contributed by atoms with E-state index in [1.165, 1.54) is 0 Å². The molecule has 3 rings (SSSR count). The van der Waals surface area contributed by atoms with Gasteiger partial charge in [0.15, 0.2) is 5.78 Å². The number of carbonyl (C=O) groups is 1. The summed E-state index contributed by atoms with van der Waals surface area (Å²) < 4.78 is 0. The van der Waals surface area contributed by atoms with Crippen LogP contribution in [0.15, 0.2) is 42.7 Å². The van der Waals surface area contributed by atoms with E-state index in [-0.39, 0.29) is 5.78 Å². The van der Waals surface area contributed by atoms with Crippen LogP contribution in [-0.2, 0) is 0 Å². The first kappa shape index (κ1) is 12.4. The number of aryl methyl sites for hydroxylation is 2. The van der Waals surface area contributed by atoms with Gasteiger partial charge in [-0.3, -0.25) is 9.78 Å². The summed E-state index contributed by atoms with van der Waals surface area (Å²) >= 11 is 0. The molecule has 0 aliphatic rings. The average Bonchev–Trinajstić information content (AvgIpc) is 2.48. The first-order valence-electron chi connectivity index (χ1n) is 6.35. The minimum Gasteiger partial charge on any atom is -0.289 e. The summed E-state index contributed by atoms with van der Waals surface area (Å²) in [6.45, 7) is 3.63. The van der Waals surface area contributed by atoms with Gasteiger partial charge in [-0.2, -0.15) is 10.2 Å². The standard InChI is InChI=1S/C16H13N3O/c1-10-8-15(11(2)19-18-10)16(20)14-5-3-4-12-9-17-7-6-13(12)14/h3-9H,1-2H3. The summed E-state index contributed by atoms with van der Waals surface area (Å²) in [6.07, 6.45) is 3.46. The summed E-state index contributed by atoms with van der Waals surface area (Å²) in [5.74, 6) is -0.0303. The lowest BCUT2D eigenvalue weighted by molar-refractivity contribution is 0.103. The molecule has 20 heavy (non-hydrogen) atoms. The summed E-state index contributed by atoms with van der Waals surface area (Å²) in [5.41, 5.74) is 2.65. The molecule has 0 amide bonds. The lowest BCUT2D eigenvalue weighted by Crippen LogP contribution is -2.07. The molecule has 0 bridgehead atoms. The first-order chi connectivity index (χ1) is 9.66. The number of aromatic nitrogens is 3. The van der Waals surface area contributed by atoms with Gasteiger partial charge in [-0.05, 0) is 31.4 Å². The maximum atomic E-state index is 12.7. The number of pyridine rings is 1. The maximum Gasteiger partial charge on any atom is 0.195 e. The van der Waals surface area contributed by atoms with E-state index in [0.29, 0.717) is 16.8 Å². The minimum atomic E-state index is -0.0303. The molecule has 0 unspecified atom stereocenters. The second-order valence-electron chi connectivity index (χ2n) is 4.72. The van der Waals surface area contributed by atoms with Gasteiger partial charge in [0, 0.05) is 28.9 Å². The highest BCUT2D eigenvalue weighted by Gasteiger charge is 2.15. The summed E-state index contributed by atoms with van der Waals surface area (Å²) in [4.78, 5) is 16.8. The number of hydrogen-bond acceptors (Lipinski definition) is 4. The molecule has 0 fully saturated rings. The van der Waals surface area contributed by atoms with Crippen molar-refractivity contribution in [1.29, 1.82) is 0 Å². The van der Waals surface area contributed by atoms with Gasteiger partial charge in [-0.15, -0.1) is 0 Å². The molecular formula is C16H13N3O. The molecule has 98 valence electrons.